The van der Waals surface area contributed by atoms with Crippen molar-refractivity contribution in [2.75, 3.05) is 26.2 Å². The van der Waals surface area contributed by atoms with Crippen LogP contribution in [0.25, 0.3) is 0 Å². The van der Waals surface area contributed by atoms with Gasteiger partial charge in [-0.15, -0.1) is 17.0 Å². The van der Waals surface area contributed by atoms with E-state index in [1.165, 1.54) is 36.9 Å². The van der Waals surface area contributed by atoms with E-state index in [-0.39, 0.29) is 17.0 Å². The fraction of sp³-hybridized carbons (Fsp3) is 0.455. The predicted octanol–water partition coefficient (Wildman–Crippen LogP) is 5.11. The zero-order chi connectivity index (χ0) is 17.1. The van der Waals surface area contributed by atoms with E-state index in [1.807, 2.05) is 12.1 Å². The standard InChI is InChI=1S/C22H27NO2.BrH/c24-20-5-3-4-19(16-20)17-8-12-23(13-9-17)14-10-18-11-15-25-22-7-2-1-6-21(18)22;/h1-7,16-18,24H,8-15H2;1H. The monoisotopic (exact) mass is 417 g/mol. The van der Waals surface area contributed by atoms with Crippen LogP contribution in [0.4, 0.5) is 0 Å². The van der Waals surface area contributed by atoms with Gasteiger partial charge < -0.3 is 14.7 Å². The van der Waals surface area contributed by atoms with Crippen molar-refractivity contribution in [1.82, 2.24) is 4.90 Å². The molecule has 1 atom stereocenters. The number of halogens is 1. The lowest BCUT2D eigenvalue weighted by molar-refractivity contribution is 0.194. The Balaban J connectivity index is 0.00000196. The number of fused-ring (bicyclic) bond motifs is 1. The number of likely N-dealkylation sites (tertiary alicyclic amines) is 1. The molecule has 2 aliphatic heterocycles. The van der Waals surface area contributed by atoms with E-state index in [0.717, 1.165) is 31.9 Å². The van der Waals surface area contributed by atoms with Crippen molar-refractivity contribution in [1.29, 1.82) is 0 Å². The van der Waals surface area contributed by atoms with Gasteiger partial charge in [0.05, 0.1) is 6.61 Å². The Morgan fingerprint density at radius 3 is 2.62 bits per heavy atom. The minimum Gasteiger partial charge on any atom is -0.508 e. The Morgan fingerprint density at radius 2 is 1.81 bits per heavy atom. The SMILES string of the molecule is Br.Oc1cccc(C2CCN(CCC3CCOc4ccccc43)CC2)c1. The molecule has 0 aliphatic carbocycles. The summed E-state index contributed by atoms with van der Waals surface area (Å²) < 4.78 is 5.78. The maximum absolute atomic E-state index is 9.68. The molecule has 1 fully saturated rings. The summed E-state index contributed by atoms with van der Waals surface area (Å²) in [6.07, 6.45) is 4.73. The van der Waals surface area contributed by atoms with Gasteiger partial charge in [0.1, 0.15) is 11.5 Å². The fourth-order valence-electron chi connectivity index (χ4n) is 4.32. The van der Waals surface area contributed by atoms with Gasteiger partial charge in [-0.1, -0.05) is 30.3 Å². The summed E-state index contributed by atoms with van der Waals surface area (Å²) in [7, 11) is 0. The third-order valence-corrected chi connectivity index (χ3v) is 5.81. The maximum Gasteiger partial charge on any atom is 0.122 e. The molecule has 0 amide bonds. The van der Waals surface area contributed by atoms with Crippen molar-refractivity contribution >= 4 is 17.0 Å². The number of phenols is 1. The van der Waals surface area contributed by atoms with Gasteiger partial charge in [0.2, 0.25) is 0 Å². The number of nitrogens with zero attached hydrogens (tertiary/aromatic N) is 1. The molecule has 2 aromatic carbocycles. The summed E-state index contributed by atoms with van der Waals surface area (Å²) in [5.41, 5.74) is 2.68. The summed E-state index contributed by atoms with van der Waals surface area (Å²) in [5.74, 6) is 2.69. The number of aromatic hydroxyl groups is 1. The van der Waals surface area contributed by atoms with Crippen molar-refractivity contribution in [3.8, 4) is 11.5 Å². The number of rotatable bonds is 4. The van der Waals surface area contributed by atoms with Crippen molar-refractivity contribution in [3.63, 3.8) is 0 Å². The Morgan fingerprint density at radius 1 is 1.00 bits per heavy atom. The minimum absolute atomic E-state index is 0. The van der Waals surface area contributed by atoms with Gasteiger partial charge in [0, 0.05) is 0 Å². The molecule has 2 heterocycles. The van der Waals surface area contributed by atoms with E-state index < -0.39 is 0 Å². The van der Waals surface area contributed by atoms with Crippen LogP contribution in [0, 0.1) is 0 Å². The van der Waals surface area contributed by atoms with Crippen molar-refractivity contribution < 1.29 is 9.84 Å². The van der Waals surface area contributed by atoms with Crippen LogP contribution in [0.15, 0.2) is 48.5 Å². The largest absolute Gasteiger partial charge is 0.508 e. The molecule has 0 aromatic heterocycles. The number of hydrogen-bond donors (Lipinski definition) is 1. The van der Waals surface area contributed by atoms with Crippen LogP contribution in [0.3, 0.4) is 0 Å². The zero-order valence-corrected chi connectivity index (χ0v) is 16.9. The number of piperidine rings is 1. The van der Waals surface area contributed by atoms with Crippen LogP contribution < -0.4 is 4.74 Å². The molecule has 0 spiro atoms. The number of hydrogen-bond acceptors (Lipinski definition) is 3. The Hall–Kier alpha value is -1.52. The molecule has 140 valence electrons. The van der Waals surface area contributed by atoms with Gasteiger partial charge in [-0.3, -0.25) is 0 Å². The molecule has 1 unspecified atom stereocenters. The molecule has 1 saturated heterocycles. The summed E-state index contributed by atoms with van der Waals surface area (Å²) in [6, 6.07) is 16.3. The lowest BCUT2D eigenvalue weighted by Crippen LogP contribution is -2.34. The number of benzene rings is 2. The highest BCUT2D eigenvalue weighted by Gasteiger charge is 2.24. The third-order valence-electron chi connectivity index (χ3n) is 5.81. The number of ether oxygens (including phenoxy) is 1. The van der Waals surface area contributed by atoms with Gasteiger partial charge in [-0.2, -0.15) is 0 Å². The molecule has 0 radical (unpaired) electrons. The first-order valence-corrected chi connectivity index (χ1v) is 9.52. The lowest BCUT2D eigenvalue weighted by atomic mass is 9.88. The summed E-state index contributed by atoms with van der Waals surface area (Å²) in [5, 5.41) is 9.68. The molecule has 3 nitrogen and oxygen atoms in total. The van der Waals surface area contributed by atoms with E-state index in [9.17, 15) is 5.11 Å². The molecule has 26 heavy (non-hydrogen) atoms. The molecular formula is C22H28BrNO2. The molecule has 4 heteroatoms. The predicted molar refractivity (Wildman–Crippen MR) is 111 cm³/mol. The molecule has 0 bridgehead atoms. The van der Waals surface area contributed by atoms with Gasteiger partial charge in [0.15, 0.2) is 0 Å². The lowest BCUT2D eigenvalue weighted by Gasteiger charge is -2.34. The Bertz CT molecular complexity index is 713. The normalized spacial score (nSPS) is 20.7. The van der Waals surface area contributed by atoms with Crippen LogP contribution in [0.5, 0.6) is 11.5 Å². The van der Waals surface area contributed by atoms with E-state index in [2.05, 4.69) is 35.2 Å². The first-order valence-electron chi connectivity index (χ1n) is 9.52. The molecule has 2 aliphatic rings. The van der Waals surface area contributed by atoms with Gasteiger partial charge in [-0.05, 0) is 86.5 Å². The van der Waals surface area contributed by atoms with Gasteiger partial charge >= 0.3 is 0 Å². The highest BCUT2D eigenvalue weighted by molar-refractivity contribution is 8.93. The highest BCUT2D eigenvalue weighted by Crippen LogP contribution is 2.36. The van der Waals surface area contributed by atoms with Crippen molar-refractivity contribution in [2.45, 2.75) is 37.5 Å². The Kier molecular flexibility index (Phi) is 6.60. The smallest absolute Gasteiger partial charge is 0.122 e. The summed E-state index contributed by atoms with van der Waals surface area (Å²) in [4.78, 5) is 2.61. The van der Waals surface area contributed by atoms with Crippen LogP contribution in [0.2, 0.25) is 0 Å². The quantitative estimate of drug-likeness (QED) is 0.750. The minimum atomic E-state index is 0. The average Bonchev–Trinajstić information content (AvgIpc) is 2.67. The Labute approximate surface area is 166 Å². The molecule has 0 saturated carbocycles. The van der Waals surface area contributed by atoms with Crippen LogP contribution in [0.1, 0.15) is 48.6 Å². The summed E-state index contributed by atoms with van der Waals surface area (Å²) >= 11 is 0. The van der Waals surface area contributed by atoms with E-state index in [1.54, 1.807) is 6.07 Å². The van der Waals surface area contributed by atoms with Crippen LogP contribution >= 0.6 is 17.0 Å². The highest BCUT2D eigenvalue weighted by atomic mass is 79.9. The van der Waals surface area contributed by atoms with Crippen molar-refractivity contribution in [2.24, 2.45) is 0 Å². The molecule has 2 aromatic rings. The van der Waals surface area contributed by atoms with Crippen LogP contribution in [-0.4, -0.2) is 36.2 Å². The number of phenolic OH excluding ortho intramolecular Hbond substituents is 1. The molecular weight excluding hydrogens is 390 g/mol. The second-order valence-corrected chi connectivity index (χ2v) is 7.37. The summed E-state index contributed by atoms with van der Waals surface area (Å²) in [6.45, 7) is 4.34. The van der Waals surface area contributed by atoms with E-state index in [4.69, 9.17) is 4.74 Å². The first-order chi connectivity index (χ1) is 12.3. The molecule has 4 rings (SSSR count). The zero-order valence-electron chi connectivity index (χ0n) is 15.1. The average molecular weight is 418 g/mol. The third kappa shape index (κ3) is 4.41. The number of para-hydroxylation sites is 1. The van der Waals surface area contributed by atoms with Crippen molar-refractivity contribution in [3.05, 3.63) is 59.7 Å². The second-order valence-electron chi connectivity index (χ2n) is 7.37. The van der Waals surface area contributed by atoms with E-state index >= 15 is 0 Å². The van der Waals surface area contributed by atoms with E-state index in [0.29, 0.717) is 17.6 Å². The fourth-order valence-corrected chi connectivity index (χ4v) is 4.32. The van der Waals surface area contributed by atoms with Gasteiger partial charge in [0.25, 0.3) is 0 Å². The van der Waals surface area contributed by atoms with Gasteiger partial charge in [-0.25, -0.2) is 0 Å². The second kappa shape index (κ2) is 8.92. The van der Waals surface area contributed by atoms with Crippen LogP contribution in [-0.2, 0) is 0 Å². The maximum atomic E-state index is 9.68. The first kappa shape index (κ1) is 19.2. The topological polar surface area (TPSA) is 32.7 Å². The molecule has 1 N–H and O–H groups in total.